The Labute approximate surface area is 122 Å². The summed E-state index contributed by atoms with van der Waals surface area (Å²) < 4.78 is 5.47. The lowest BCUT2D eigenvalue weighted by Crippen LogP contribution is -2.30. The van der Waals surface area contributed by atoms with Crippen LogP contribution in [0.3, 0.4) is 0 Å². The Morgan fingerprint density at radius 2 is 2.24 bits per heavy atom. The zero-order chi connectivity index (χ0) is 14.2. The van der Waals surface area contributed by atoms with Gasteiger partial charge in [-0.1, -0.05) is 0 Å². The molecular formula is C17H16N2O2. The van der Waals surface area contributed by atoms with Gasteiger partial charge in [0.1, 0.15) is 5.76 Å². The third-order valence-corrected chi connectivity index (χ3v) is 4.17. The van der Waals surface area contributed by atoms with Crippen LogP contribution in [0.15, 0.2) is 47.2 Å². The maximum atomic E-state index is 12.5. The van der Waals surface area contributed by atoms with E-state index in [0.29, 0.717) is 5.56 Å². The second-order valence-corrected chi connectivity index (χ2v) is 5.50. The summed E-state index contributed by atoms with van der Waals surface area (Å²) >= 11 is 0. The van der Waals surface area contributed by atoms with Crippen molar-refractivity contribution in [3.05, 3.63) is 59.7 Å². The normalized spacial score (nSPS) is 17.6. The fourth-order valence-corrected chi connectivity index (χ4v) is 3.07. The molecule has 0 radical (unpaired) electrons. The fourth-order valence-electron chi connectivity index (χ4n) is 3.07. The van der Waals surface area contributed by atoms with Gasteiger partial charge >= 0.3 is 0 Å². The minimum atomic E-state index is -0.0304. The van der Waals surface area contributed by atoms with Gasteiger partial charge in [-0.05, 0) is 43.2 Å². The molecule has 106 valence electrons. The number of nitrogens with one attached hydrogen (secondary N) is 2. The van der Waals surface area contributed by atoms with Crippen molar-refractivity contribution in [2.45, 2.75) is 25.3 Å². The van der Waals surface area contributed by atoms with Gasteiger partial charge in [0.2, 0.25) is 0 Å². The molecule has 0 saturated carbocycles. The van der Waals surface area contributed by atoms with Gasteiger partial charge in [-0.3, -0.25) is 4.79 Å². The number of aryl methyl sites for hydroxylation is 1. The van der Waals surface area contributed by atoms with Crippen molar-refractivity contribution in [2.24, 2.45) is 0 Å². The van der Waals surface area contributed by atoms with Crippen LogP contribution in [-0.4, -0.2) is 10.9 Å². The number of hydrogen-bond donors (Lipinski definition) is 2. The Hall–Kier alpha value is -2.49. The van der Waals surface area contributed by atoms with E-state index in [2.05, 4.69) is 10.3 Å². The SMILES string of the molecule is O=C(NC1CCCc2occc21)c1ccc2[nH]ccc2c1. The first-order chi connectivity index (χ1) is 10.3. The number of benzene rings is 1. The number of aromatic amines is 1. The predicted octanol–water partition coefficient (Wildman–Crippen LogP) is 3.57. The molecule has 3 aromatic rings. The molecule has 1 atom stereocenters. The first-order valence-electron chi connectivity index (χ1n) is 7.25. The van der Waals surface area contributed by atoms with Crippen LogP contribution in [0.25, 0.3) is 10.9 Å². The van der Waals surface area contributed by atoms with Crippen LogP contribution in [0, 0.1) is 0 Å². The lowest BCUT2D eigenvalue weighted by Gasteiger charge is -2.22. The van der Waals surface area contributed by atoms with Crippen LogP contribution >= 0.6 is 0 Å². The van der Waals surface area contributed by atoms with Crippen LogP contribution in [0.5, 0.6) is 0 Å². The average molecular weight is 280 g/mol. The van der Waals surface area contributed by atoms with Crippen molar-refractivity contribution in [1.29, 1.82) is 0 Å². The number of fused-ring (bicyclic) bond motifs is 2. The van der Waals surface area contributed by atoms with Crippen LogP contribution in [0.4, 0.5) is 0 Å². The van der Waals surface area contributed by atoms with E-state index in [4.69, 9.17) is 4.42 Å². The van der Waals surface area contributed by atoms with E-state index < -0.39 is 0 Å². The molecule has 2 heterocycles. The molecule has 0 aliphatic heterocycles. The first kappa shape index (κ1) is 12.3. The van der Waals surface area contributed by atoms with Crippen molar-refractivity contribution in [3.8, 4) is 0 Å². The lowest BCUT2D eigenvalue weighted by atomic mass is 9.93. The molecule has 0 saturated heterocycles. The molecule has 1 amide bonds. The third-order valence-electron chi connectivity index (χ3n) is 4.17. The molecule has 2 aromatic heterocycles. The molecule has 1 unspecified atom stereocenters. The molecule has 1 aliphatic rings. The largest absolute Gasteiger partial charge is 0.469 e. The number of hydrogen-bond acceptors (Lipinski definition) is 2. The Morgan fingerprint density at radius 1 is 1.29 bits per heavy atom. The molecule has 0 fully saturated rings. The van der Waals surface area contributed by atoms with Gasteiger partial charge in [0, 0.05) is 34.6 Å². The van der Waals surface area contributed by atoms with Crippen molar-refractivity contribution in [1.82, 2.24) is 10.3 Å². The maximum absolute atomic E-state index is 12.5. The number of furan rings is 1. The van der Waals surface area contributed by atoms with E-state index >= 15 is 0 Å². The summed E-state index contributed by atoms with van der Waals surface area (Å²) in [6.07, 6.45) is 6.56. The topological polar surface area (TPSA) is 58.0 Å². The molecular weight excluding hydrogens is 264 g/mol. The number of carbonyl (C=O) groups is 1. The van der Waals surface area contributed by atoms with Crippen LogP contribution in [0.2, 0.25) is 0 Å². The van der Waals surface area contributed by atoms with Crippen molar-refractivity contribution < 1.29 is 9.21 Å². The van der Waals surface area contributed by atoms with Gasteiger partial charge in [-0.25, -0.2) is 0 Å². The molecule has 4 rings (SSSR count). The molecule has 2 N–H and O–H groups in total. The molecule has 1 aromatic carbocycles. The van der Waals surface area contributed by atoms with Crippen LogP contribution < -0.4 is 5.32 Å². The second kappa shape index (κ2) is 4.81. The third kappa shape index (κ3) is 2.13. The highest BCUT2D eigenvalue weighted by Crippen LogP contribution is 2.30. The van der Waals surface area contributed by atoms with Crippen molar-refractivity contribution in [3.63, 3.8) is 0 Å². The highest BCUT2D eigenvalue weighted by atomic mass is 16.3. The van der Waals surface area contributed by atoms with Gasteiger partial charge < -0.3 is 14.7 Å². The van der Waals surface area contributed by atoms with Gasteiger partial charge in [0.25, 0.3) is 5.91 Å². The van der Waals surface area contributed by atoms with E-state index in [0.717, 1.165) is 41.5 Å². The highest BCUT2D eigenvalue weighted by molar-refractivity contribution is 5.98. The van der Waals surface area contributed by atoms with E-state index in [1.165, 1.54) is 0 Å². The standard InChI is InChI=1S/C17H16N2O2/c20-17(12-4-5-14-11(10-12)6-8-18-14)19-15-2-1-3-16-13(15)7-9-21-16/h4-10,15,18H,1-3H2,(H,19,20). The van der Waals surface area contributed by atoms with Gasteiger partial charge in [0.05, 0.1) is 12.3 Å². The summed E-state index contributed by atoms with van der Waals surface area (Å²) in [5.41, 5.74) is 2.86. The Balaban J connectivity index is 1.59. The predicted molar refractivity (Wildman–Crippen MR) is 80.2 cm³/mol. The van der Waals surface area contributed by atoms with Crippen LogP contribution in [-0.2, 0) is 6.42 Å². The molecule has 4 heteroatoms. The Kier molecular flexibility index (Phi) is 2.81. The number of aromatic nitrogens is 1. The lowest BCUT2D eigenvalue weighted by molar-refractivity contribution is 0.0932. The Morgan fingerprint density at radius 3 is 3.19 bits per heavy atom. The molecule has 21 heavy (non-hydrogen) atoms. The number of H-pyrrole nitrogens is 1. The van der Waals surface area contributed by atoms with Crippen LogP contribution in [0.1, 0.15) is 40.6 Å². The molecule has 4 nitrogen and oxygen atoms in total. The van der Waals surface area contributed by atoms with E-state index in [-0.39, 0.29) is 11.9 Å². The van der Waals surface area contributed by atoms with Gasteiger partial charge in [-0.15, -0.1) is 0 Å². The maximum Gasteiger partial charge on any atom is 0.251 e. The number of amides is 1. The number of carbonyl (C=O) groups excluding carboxylic acids is 1. The molecule has 0 spiro atoms. The Bertz CT molecular complexity index is 800. The summed E-state index contributed by atoms with van der Waals surface area (Å²) in [6, 6.07) is 9.71. The summed E-state index contributed by atoms with van der Waals surface area (Å²) in [7, 11) is 0. The zero-order valence-corrected chi connectivity index (χ0v) is 11.6. The minimum absolute atomic E-state index is 0.0304. The molecule has 1 aliphatic carbocycles. The second-order valence-electron chi connectivity index (χ2n) is 5.50. The van der Waals surface area contributed by atoms with Gasteiger partial charge in [-0.2, -0.15) is 0 Å². The van der Waals surface area contributed by atoms with E-state index in [9.17, 15) is 4.79 Å². The van der Waals surface area contributed by atoms with Crippen molar-refractivity contribution in [2.75, 3.05) is 0 Å². The highest BCUT2D eigenvalue weighted by Gasteiger charge is 2.24. The summed E-state index contributed by atoms with van der Waals surface area (Å²) in [5.74, 6) is 0.977. The quantitative estimate of drug-likeness (QED) is 0.754. The van der Waals surface area contributed by atoms with E-state index in [1.54, 1.807) is 6.26 Å². The summed E-state index contributed by atoms with van der Waals surface area (Å²) in [4.78, 5) is 15.6. The fraction of sp³-hybridized carbons (Fsp3) is 0.235. The molecule has 0 bridgehead atoms. The monoisotopic (exact) mass is 280 g/mol. The minimum Gasteiger partial charge on any atom is -0.469 e. The van der Waals surface area contributed by atoms with Crippen molar-refractivity contribution >= 4 is 16.8 Å². The number of rotatable bonds is 2. The van der Waals surface area contributed by atoms with Gasteiger partial charge in [0.15, 0.2) is 0 Å². The summed E-state index contributed by atoms with van der Waals surface area (Å²) in [5, 5.41) is 4.18. The average Bonchev–Trinajstić information content (AvgIpc) is 3.15. The zero-order valence-electron chi connectivity index (χ0n) is 11.6. The summed E-state index contributed by atoms with van der Waals surface area (Å²) in [6.45, 7) is 0. The smallest absolute Gasteiger partial charge is 0.251 e. The first-order valence-corrected chi connectivity index (χ1v) is 7.25. The van der Waals surface area contributed by atoms with E-state index in [1.807, 2.05) is 36.5 Å².